The van der Waals surface area contributed by atoms with Crippen molar-refractivity contribution >= 4 is 17.7 Å². The van der Waals surface area contributed by atoms with Gasteiger partial charge in [-0.15, -0.1) is 0 Å². The average molecular weight is 345 g/mol. The number of rotatable bonds is 6. The summed E-state index contributed by atoms with van der Waals surface area (Å²) in [6.07, 6.45) is 6.20. The lowest BCUT2D eigenvalue weighted by Gasteiger charge is -2.15. The van der Waals surface area contributed by atoms with Gasteiger partial charge in [-0.3, -0.25) is 4.79 Å². The maximum Gasteiger partial charge on any atom is 0.231 e. The highest BCUT2D eigenvalue weighted by atomic mass is 32.2. The SMILES string of the molecule is C[C@@H](NC(=O)CSc1nccn1C1CC1)c1ccc2c(c1)OCO2. The number of carbonyl (C=O) groups excluding carboxylic acids is 1. The first-order valence-electron chi connectivity index (χ1n) is 8.05. The lowest BCUT2D eigenvalue weighted by atomic mass is 10.1. The van der Waals surface area contributed by atoms with E-state index < -0.39 is 0 Å². The molecule has 6 nitrogen and oxygen atoms in total. The first-order valence-corrected chi connectivity index (χ1v) is 9.04. The molecule has 1 saturated carbocycles. The van der Waals surface area contributed by atoms with Crippen molar-refractivity contribution in [3.05, 3.63) is 36.2 Å². The number of ether oxygens (including phenoxy) is 2. The van der Waals surface area contributed by atoms with Crippen LogP contribution in [-0.4, -0.2) is 28.0 Å². The van der Waals surface area contributed by atoms with Gasteiger partial charge in [0.2, 0.25) is 12.7 Å². The van der Waals surface area contributed by atoms with E-state index in [-0.39, 0.29) is 18.7 Å². The van der Waals surface area contributed by atoms with Crippen LogP contribution in [0.3, 0.4) is 0 Å². The number of amides is 1. The molecule has 2 heterocycles. The van der Waals surface area contributed by atoms with Crippen LogP contribution in [0.1, 0.15) is 37.4 Å². The predicted octanol–water partition coefficient (Wildman–Crippen LogP) is 2.92. The van der Waals surface area contributed by atoms with Crippen molar-refractivity contribution in [3.8, 4) is 11.5 Å². The summed E-state index contributed by atoms with van der Waals surface area (Å²) < 4.78 is 12.9. The van der Waals surface area contributed by atoms with E-state index in [1.54, 1.807) is 6.20 Å². The third kappa shape index (κ3) is 3.21. The minimum atomic E-state index is -0.0872. The Labute approximate surface area is 144 Å². The van der Waals surface area contributed by atoms with Crippen LogP contribution in [0, 0.1) is 0 Å². The maximum absolute atomic E-state index is 12.2. The molecule has 4 rings (SSSR count). The van der Waals surface area contributed by atoms with Gasteiger partial charge in [-0.25, -0.2) is 4.98 Å². The van der Waals surface area contributed by atoms with Crippen LogP contribution in [0.2, 0.25) is 0 Å². The second-order valence-corrected chi connectivity index (χ2v) is 6.98. The van der Waals surface area contributed by atoms with Crippen molar-refractivity contribution < 1.29 is 14.3 Å². The number of benzene rings is 1. The molecule has 126 valence electrons. The van der Waals surface area contributed by atoms with Crippen molar-refractivity contribution in [1.82, 2.24) is 14.9 Å². The molecule has 0 spiro atoms. The molecule has 24 heavy (non-hydrogen) atoms. The van der Waals surface area contributed by atoms with Gasteiger partial charge >= 0.3 is 0 Å². The van der Waals surface area contributed by atoms with Crippen molar-refractivity contribution in [2.24, 2.45) is 0 Å². The molecule has 0 radical (unpaired) electrons. The van der Waals surface area contributed by atoms with Gasteiger partial charge in [0, 0.05) is 18.4 Å². The second-order valence-electron chi connectivity index (χ2n) is 6.04. The predicted molar refractivity (Wildman–Crippen MR) is 90.3 cm³/mol. The van der Waals surface area contributed by atoms with Crippen LogP contribution in [0.15, 0.2) is 35.7 Å². The third-order valence-electron chi connectivity index (χ3n) is 4.18. The number of carbonyl (C=O) groups is 1. The Bertz CT molecular complexity index is 757. The number of nitrogens with one attached hydrogen (secondary N) is 1. The monoisotopic (exact) mass is 345 g/mol. The molecule has 2 aliphatic rings. The molecule has 1 aliphatic carbocycles. The van der Waals surface area contributed by atoms with E-state index in [1.807, 2.05) is 31.3 Å². The highest BCUT2D eigenvalue weighted by Gasteiger charge is 2.25. The number of hydrogen-bond acceptors (Lipinski definition) is 5. The van der Waals surface area contributed by atoms with Gasteiger partial charge < -0.3 is 19.4 Å². The van der Waals surface area contributed by atoms with Gasteiger partial charge in [0.25, 0.3) is 0 Å². The molecule has 1 N–H and O–H groups in total. The highest BCUT2D eigenvalue weighted by Crippen LogP contribution is 2.37. The molecule has 1 atom stereocenters. The summed E-state index contributed by atoms with van der Waals surface area (Å²) in [5.41, 5.74) is 0.997. The molecule has 1 aromatic carbocycles. The second kappa shape index (κ2) is 6.39. The lowest BCUT2D eigenvalue weighted by molar-refractivity contribution is -0.119. The van der Waals surface area contributed by atoms with Crippen molar-refractivity contribution in [1.29, 1.82) is 0 Å². The van der Waals surface area contributed by atoms with Crippen LogP contribution in [0.5, 0.6) is 11.5 Å². The van der Waals surface area contributed by atoms with Crippen LogP contribution < -0.4 is 14.8 Å². The number of aromatic nitrogens is 2. The molecule has 0 bridgehead atoms. The highest BCUT2D eigenvalue weighted by molar-refractivity contribution is 7.99. The average Bonchev–Trinajstić information content (AvgIpc) is 3.13. The van der Waals surface area contributed by atoms with Gasteiger partial charge in [-0.05, 0) is 37.5 Å². The van der Waals surface area contributed by atoms with Crippen molar-refractivity contribution in [2.45, 2.75) is 37.0 Å². The van der Waals surface area contributed by atoms with E-state index in [1.165, 1.54) is 24.6 Å². The van der Waals surface area contributed by atoms with E-state index >= 15 is 0 Å². The standard InChI is InChI=1S/C17H19N3O3S/c1-11(12-2-5-14-15(8-12)23-10-22-14)19-16(21)9-24-17-18-6-7-20(17)13-3-4-13/h2,5-8,11,13H,3-4,9-10H2,1H3,(H,19,21)/t11-/m1/s1. The molecule has 1 fully saturated rings. The molecular weight excluding hydrogens is 326 g/mol. The van der Waals surface area contributed by atoms with Crippen LogP contribution in [0.4, 0.5) is 0 Å². The van der Waals surface area contributed by atoms with Gasteiger partial charge in [-0.2, -0.15) is 0 Å². The van der Waals surface area contributed by atoms with Gasteiger partial charge in [0.1, 0.15) is 0 Å². The summed E-state index contributed by atoms with van der Waals surface area (Å²) in [5, 5.41) is 3.94. The van der Waals surface area contributed by atoms with Crippen LogP contribution >= 0.6 is 11.8 Å². The van der Waals surface area contributed by atoms with E-state index in [4.69, 9.17) is 9.47 Å². The molecule has 0 saturated heterocycles. The number of hydrogen-bond donors (Lipinski definition) is 1. The smallest absolute Gasteiger partial charge is 0.231 e. The van der Waals surface area contributed by atoms with Crippen molar-refractivity contribution in [3.63, 3.8) is 0 Å². The summed E-state index contributed by atoms with van der Waals surface area (Å²) in [6.45, 7) is 2.22. The first-order chi connectivity index (χ1) is 11.7. The minimum Gasteiger partial charge on any atom is -0.454 e. The van der Waals surface area contributed by atoms with Gasteiger partial charge in [-0.1, -0.05) is 17.8 Å². The molecule has 7 heteroatoms. The molecule has 0 unspecified atom stereocenters. The zero-order valence-electron chi connectivity index (χ0n) is 13.4. The quantitative estimate of drug-likeness (QED) is 0.816. The summed E-state index contributed by atoms with van der Waals surface area (Å²) in [5.74, 6) is 1.84. The summed E-state index contributed by atoms with van der Waals surface area (Å²) in [4.78, 5) is 16.6. The zero-order valence-corrected chi connectivity index (χ0v) is 14.2. The molecule has 1 aliphatic heterocycles. The van der Waals surface area contributed by atoms with E-state index in [2.05, 4.69) is 14.9 Å². The third-order valence-corrected chi connectivity index (χ3v) is 5.16. The largest absolute Gasteiger partial charge is 0.454 e. The summed E-state index contributed by atoms with van der Waals surface area (Å²) >= 11 is 1.48. The number of imidazole rings is 1. The number of thioether (sulfide) groups is 1. The number of nitrogens with zero attached hydrogens (tertiary/aromatic N) is 2. The first kappa shape index (κ1) is 15.4. The zero-order chi connectivity index (χ0) is 16.5. The Morgan fingerprint density at radius 3 is 3.08 bits per heavy atom. The van der Waals surface area contributed by atoms with Crippen LogP contribution in [-0.2, 0) is 4.79 Å². The maximum atomic E-state index is 12.2. The molecule has 1 aromatic heterocycles. The van der Waals surface area contributed by atoms with Crippen molar-refractivity contribution in [2.75, 3.05) is 12.5 Å². The lowest BCUT2D eigenvalue weighted by Crippen LogP contribution is -2.28. The Morgan fingerprint density at radius 2 is 2.25 bits per heavy atom. The number of fused-ring (bicyclic) bond motifs is 1. The Kier molecular flexibility index (Phi) is 4.10. The normalized spacial score (nSPS) is 16.9. The molecular formula is C17H19N3O3S. The van der Waals surface area contributed by atoms with E-state index in [0.29, 0.717) is 11.8 Å². The fraction of sp³-hybridized carbons (Fsp3) is 0.412. The van der Waals surface area contributed by atoms with Gasteiger partial charge in [0.15, 0.2) is 16.7 Å². The fourth-order valence-electron chi connectivity index (χ4n) is 2.72. The Morgan fingerprint density at radius 1 is 1.42 bits per heavy atom. The Balaban J connectivity index is 1.33. The van der Waals surface area contributed by atoms with Gasteiger partial charge in [0.05, 0.1) is 11.8 Å². The van der Waals surface area contributed by atoms with E-state index in [9.17, 15) is 4.79 Å². The summed E-state index contributed by atoms with van der Waals surface area (Å²) in [7, 11) is 0. The molecule has 1 amide bonds. The Hall–Kier alpha value is -2.15. The minimum absolute atomic E-state index is 0.00415. The van der Waals surface area contributed by atoms with E-state index in [0.717, 1.165) is 22.2 Å². The summed E-state index contributed by atoms with van der Waals surface area (Å²) in [6, 6.07) is 6.23. The topological polar surface area (TPSA) is 65.4 Å². The molecule has 2 aromatic rings. The van der Waals surface area contributed by atoms with Crippen LogP contribution in [0.25, 0.3) is 0 Å². The fourth-order valence-corrected chi connectivity index (χ4v) is 3.56.